The van der Waals surface area contributed by atoms with Crippen LogP contribution in [-0.4, -0.2) is 35.7 Å². The molecule has 0 saturated carbocycles. The van der Waals surface area contributed by atoms with E-state index in [1.807, 2.05) is 39.0 Å². The van der Waals surface area contributed by atoms with Crippen molar-refractivity contribution in [3.05, 3.63) is 46.0 Å². The molecule has 0 radical (unpaired) electrons. The van der Waals surface area contributed by atoms with E-state index in [9.17, 15) is 4.79 Å². The lowest BCUT2D eigenvalue weighted by Gasteiger charge is -2.33. The second-order valence-electron chi connectivity index (χ2n) is 7.26. The molecule has 2 rings (SSSR count). The van der Waals surface area contributed by atoms with Crippen molar-refractivity contribution in [2.24, 2.45) is 0 Å². The summed E-state index contributed by atoms with van der Waals surface area (Å²) >= 11 is 12.1. The zero-order valence-corrected chi connectivity index (χ0v) is 16.5. The minimum atomic E-state index is -0.475. The SMILES string of the molecule is CC(C)(C)OC(=O)NCCC1CC=CCN1Cc1ccc(Cl)c(Cl)c1. The summed E-state index contributed by atoms with van der Waals surface area (Å²) < 4.78 is 5.27. The van der Waals surface area contributed by atoms with Gasteiger partial charge in [0.1, 0.15) is 5.60 Å². The molecule has 1 atom stereocenters. The molecule has 4 nitrogen and oxygen atoms in total. The average molecular weight is 385 g/mol. The van der Waals surface area contributed by atoms with Crippen molar-refractivity contribution in [1.29, 1.82) is 0 Å². The molecule has 138 valence electrons. The van der Waals surface area contributed by atoms with Crippen molar-refractivity contribution >= 4 is 29.3 Å². The first-order chi connectivity index (χ1) is 11.7. The Morgan fingerprint density at radius 3 is 2.72 bits per heavy atom. The van der Waals surface area contributed by atoms with Gasteiger partial charge >= 0.3 is 6.09 Å². The van der Waals surface area contributed by atoms with E-state index in [1.54, 1.807) is 0 Å². The number of amides is 1. The summed E-state index contributed by atoms with van der Waals surface area (Å²) in [5.41, 5.74) is 0.659. The van der Waals surface area contributed by atoms with Gasteiger partial charge in [-0.2, -0.15) is 0 Å². The van der Waals surface area contributed by atoms with E-state index >= 15 is 0 Å². The fraction of sp³-hybridized carbons (Fsp3) is 0.526. The highest BCUT2D eigenvalue weighted by Gasteiger charge is 2.21. The summed E-state index contributed by atoms with van der Waals surface area (Å²) in [5.74, 6) is 0. The van der Waals surface area contributed by atoms with Crippen LogP contribution in [0.3, 0.4) is 0 Å². The van der Waals surface area contributed by atoms with Crippen LogP contribution in [0.25, 0.3) is 0 Å². The highest BCUT2D eigenvalue weighted by molar-refractivity contribution is 6.42. The van der Waals surface area contributed by atoms with Crippen molar-refractivity contribution in [2.75, 3.05) is 13.1 Å². The number of nitrogens with one attached hydrogen (secondary N) is 1. The van der Waals surface area contributed by atoms with Crippen LogP contribution in [-0.2, 0) is 11.3 Å². The van der Waals surface area contributed by atoms with Crippen LogP contribution in [0.15, 0.2) is 30.4 Å². The number of hydrogen-bond acceptors (Lipinski definition) is 3. The second kappa shape index (κ2) is 8.93. The molecule has 1 aliphatic rings. The monoisotopic (exact) mass is 384 g/mol. The zero-order valence-electron chi connectivity index (χ0n) is 15.0. The molecule has 1 heterocycles. The molecule has 0 aliphatic carbocycles. The summed E-state index contributed by atoms with van der Waals surface area (Å²) in [5, 5.41) is 3.99. The van der Waals surface area contributed by atoms with Gasteiger partial charge in [-0.15, -0.1) is 0 Å². The molecule has 0 spiro atoms. The fourth-order valence-corrected chi connectivity index (χ4v) is 3.10. The van der Waals surface area contributed by atoms with E-state index in [1.165, 1.54) is 0 Å². The number of hydrogen-bond donors (Lipinski definition) is 1. The van der Waals surface area contributed by atoms with Gasteiger partial charge in [0.15, 0.2) is 0 Å². The van der Waals surface area contributed by atoms with Crippen LogP contribution >= 0.6 is 23.2 Å². The third-order valence-corrected chi connectivity index (χ3v) is 4.69. The molecular weight excluding hydrogens is 359 g/mol. The van der Waals surface area contributed by atoms with Gasteiger partial charge in [-0.25, -0.2) is 4.79 Å². The van der Waals surface area contributed by atoms with Crippen molar-refractivity contribution in [2.45, 2.75) is 51.8 Å². The molecule has 0 bridgehead atoms. The summed E-state index contributed by atoms with van der Waals surface area (Å²) in [7, 11) is 0. The van der Waals surface area contributed by atoms with Crippen molar-refractivity contribution in [1.82, 2.24) is 10.2 Å². The normalized spacial score (nSPS) is 18.2. The lowest BCUT2D eigenvalue weighted by atomic mass is 10.0. The number of ether oxygens (including phenoxy) is 1. The lowest BCUT2D eigenvalue weighted by Crippen LogP contribution is -2.40. The number of rotatable bonds is 5. The van der Waals surface area contributed by atoms with Gasteiger partial charge in [0.05, 0.1) is 10.0 Å². The Labute approximate surface area is 160 Å². The van der Waals surface area contributed by atoms with Gasteiger partial charge in [-0.1, -0.05) is 41.4 Å². The summed E-state index contributed by atoms with van der Waals surface area (Å²) in [6.45, 7) is 7.85. The molecule has 1 amide bonds. The molecule has 1 aromatic carbocycles. The minimum absolute atomic E-state index is 0.366. The molecule has 1 aliphatic heterocycles. The maximum atomic E-state index is 11.8. The number of carbonyl (C=O) groups is 1. The molecule has 6 heteroatoms. The second-order valence-corrected chi connectivity index (χ2v) is 8.07. The predicted octanol–water partition coefficient (Wildman–Crippen LogP) is 5.04. The standard InChI is InChI=1S/C19H26Cl2N2O2/c1-19(2,3)25-18(24)22-10-9-15-6-4-5-11-23(15)13-14-7-8-16(20)17(21)12-14/h4-5,7-8,12,15H,6,9-11,13H2,1-3H3,(H,22,24). The van der Waals surface area contributed by atoms with Gasteiger partial charge in [-0.3, -0.25) is 4.90 Å². The highest BCUT2D eigenvalue weighted by atomic mass is 35.5. The topological polar surface area (TPSA) is 41.6 Å². The molecule has 0 saturated heterocycles. The smallest absolute Gasteiger partial charge is 0.407 e. The third kappa shape index (κ3) is 6.89. The fourth-order valence-electron chi connectivity index (χ4n) is 2.78. The largest absolute Gasteiger partial charge is 0.444 e. The molecule has 25 heavy (non-hydrogen) atoms. The first kappa shape index (κ1) is 20.1. The van der Waals surface area contributed by atoms with E-state index in [0.717, 1.165) is 31.5 Å². The van der Waals surface area contributed by atoms with Crippen LogP contribution < -0.4 is 5.32 Å². The van der Waals surface area contributed by atoms with Gasteiger partial charge in [0, 0.05) is 25.7 Å². The number of alkyl carbamates (subject to hydrolysis) is 1. The van der Waals surface area contributed by atoms with E-state index in [-0.39, 0.29) is 6.09 Å². The maximum Gasteiger partial charge on any atom is 0.407 e. The van der Waals surface area contributed by atoms with Crippen LogP contribution in [0.5, 0.6) is 0 Å². The van der Waals surface area contributed by atoms with Crippen LogP contribution in [0, 0.1) is 0 Å². The van der Waals surface area contributed by atoms with Gasteiger partial charge in [0.25, 0.3) is 0 Å². The molecular formula is C19H26Cl2N2O2. The third-order valence-electron chi connectivity index (χ3n) is 3.95. The molecule has 0 aromatic heterocycles. The van der Waals surface area contributed by atoms with Crippen LogP contribution in [0.1, 0.15) is 39.2 Å². The zero-order chi connectivity index (χ0) is 18.4. The van der Waals surface area contributed by atoms with Crippen molar-refractivity contribution in [3.8, 4) is 0 Å². The Morgan fingerprint density at radius 1 is 1.28 bits per heavy atom. The summed E-state index contributed by atoms with van der Waals surface area (Å²) in [6.07, 6.45) is 5.84. The van der Waals surface area contributed by atoms with E-state index in [0.29, 0.717) is 22.6 Å². The van der Waals surface area contributed by atoms with Gasteiger partial charge < -0.3 is 10.1 Å². The van der Waals surface area contributed by atoms with E-state index < -0.39 is 5.60 Å². The number of halogens is 2. The molecule has 0 fully saturated rings. The highest BCUT2D eigenvalue weighted by Crippen LogP contribution is 2.25. The van der Waals surface area contributed by atoms with Crippen LogP contribution in [0.2, 0.25) is 10.0 Å². The molecule has 1 unspecified atom stereocenters. The molecule has 1 aromatic rings. The Balaban J connectivity index is 1.87. The number of carbonyl (C=O) groups excluding carboxylic acids is 1. The van der Waals surface area contributed by atoms with E-state index in [4.69, 9.17) is 27.9 Å². The Bertz CT molecular complexity index is 626. The van der Waals surface area contributed by atoms with E-state index in [2.05, 4.69) is 22.4 Å². The van der Waals surface area contributed by atoms with Gasteiger partial charge in [0.2, 0.25) is 0 Å². The quantitative estimate of drug-likeness (QED) is 0.722. The minimum Gasteiger partial charge on any atom is -0.444 e. The number of benzene rings is 1. The summed E-state index contributed by atoms with van der Waals surface area (Å²) in [4.78, 5) is 14.1. The molecule has 1 N–H and O–H groups in total. The predicted molar refractivity (Wildman–Crippen MR) is 103 cm³/mol. The van der Waals surface area contributed by atoms with Crippen LogP contribution in [0.4, 0.5) is 4.79 Å². The summed E-state index contributed by atoms with van der Waals surface area (Å²) in [6, 6.07) is 6.12. The van der Waals surface area contributed by atoms with Gasteiger partial charge in [-0.05, 0) is 51.3 Å². The van der Waals surface area contributed by atoms with Crippen molar-refractivity contribution in [3.63, 3.8) is 0 Å². The average Bonchev–Trinajstić information content (AvgIpc) is 2.51. The van der Waals surface area contributed by atoms with Crippen molar-refractivity contribution < 1.29 is 9.53 Å². The first-order valence-electron chi connectivity index (χ1n) is 8.54. The lowest BCUT2D eigenvalue weighted by molar-refractivity contribution is 0.0521. The number of nitrogens with zero attached hydrogens (tertiary/aromatic N) is 1. The maximum absolute atomic E-state index is 11.8. The Kier molecular flexibility index (Phi) is 7.17. The Hall–Kier alpha value is -1.23. The first-order valence-corrected chi connectivity index (χ1v) is 9.30. The Morgan fingerprint density at radius 2 is 2.04 bits per heavy atom.